The average Bonchev–Trinajstić information content (AvgIpc) is 2.77. The smallest absolute Gasteiger partial charge is 0.354 e. The summed E-state index contributed by atoms with van der Waals surface area (Å²) in [4.78, 5) is 20.6. The van der Waals surface area contributed by atoms with Gasteiger partial charge in [0.1, 0.15) is 5.84 Å². The molecule has 1 aliphatic rings. The van der Waals surface area contributed by atoms with E-state index >= 15 is 0 Å². The number of nitrogens with zero attached hydrogens (tertiary/aromatic N) is 3. The highest BCUT2D eigenvalue weighted by molar-refractivity contribution is 6.03. The van der Waals surface area contributed by atoms with E-state index in [1.807, 2.05) is 6.07 Å². The Labute approximate surface area is 108 Å². The van der Waals surface area contributed by atoms with Crippen LogP contribution in [0.2, 0.25) is 0 Å². The van der Waals surface area contributed by atoms with E-state index in [1.54, 1.807) is 23.4 Å². The van der Waals surface area contributed by atoms with Gasteiger partial charge < -0.3 is 4.90 Å². The Hall–Kier alpha value is -1.92. The first-order chi connectivity index (χ1) is 8.97. The van der Waals surface area contributed by atoms with Crippen molar-refractivity contribution in [1.82, 2.24) is 9.88 Å². The second-order valence-corrected chi connectivity index (χ2v) is 4.18. The predicted molar refractivity (Wildman–Crippen MR) is 62.6 cm³/mol. The topological polar surface area (TPSA) is 45.6 Å². The van der Waals surface area contributed by atoms with Gasteiger partial charge >= 0.3 is 6.18 Å². The van der Waals surface area contributed by atoms with Crippen molar-refractivity contribution >= 4 is 11.6 Å². The summed E-state index contributed by atoms with van der Waals surface area (Å²) in [6.45, 7) is 1.36. The molecule has 19 heavy (non-hydrogen) atoms. The normalized spacial score (nSPS) is 15.5. The van der Waals surface area contributed by atoms with Crippen LogP contribution in [0.5, 0.6) is 0 Å². The molecule has 0 bridgehead atoms. The fraction of sp³-hybridized carbons (Fsp3) is 0.417. The molecule has 0 saturated carbocycles. The van der Waals surface area contributed by atoms with Gasteiger partial charge in [-0.3, -0.25) is 14.8 Å². The van der Waals surface area contributed by atoms with Gasteiger partial charge in [-0.15, -0.1) is 0 Å². The van der Waals surface area contributed by atoms with Crippen LogP contribution in [0.25, 0.3) is 0 Å². The number of alkyl halides is 3. The molecule has 4 nitrogen and oxygen atoms in total. The number of halogens is 3. The van der Waals surface area contributed by atoms with Crippen molar-refractivity contribution in [3.8, 4) is 0 Å². The second kappa shape index (κ2) is 5.38. The lowest BCUT2D eigenvalue weighted by Crippen LogP contribution is -2.33. The number of aromatic nitrogens is 1. The molecule has 102 valence electrons. The third-order valence-corrected chi connectivity index (χ3v) is 2.76. The molecule has 0 N–H and O–H groups in total. The maximum absolute atomic E-state index is 12.2. The maximum atomic E-state index is 12.2. The number of aliphatic imine (C=N–C) groups is 1. The van der Waals surface area contributed by atoms with Gasteiger partial charge in [0.15, 0.2) is 0 Å². The van der Waals surface area contributed by atoms with Gasteiger partial charge in [0.05, 0.1) is 13.0 Å². The zero-order valence-corrected chi connectivity index (χ0v) is 10.0. The number of hydrogen-bond donors (Lipinski definition) is 0. The molecule has 2 heterocycles. The van der Waals surface area contributed by atoms with E-state index in [-0.39, 0.29) is 5.84 Å². The molecule has 0 saturated heterocycles. The standard InChI is InChI=1S/C12H12F3N3O/c13-12(14,15)10(19)6-11-17-4-5-18(11)8-9-2-1-3-16-7-9/h1-3,7H,4-6,8H2. The second-order valence-electron chi connectivity index (χ2n) is 4.18. The van der Waals surface area contributed by atoms with Crippen LogP contribution in [0.15, 0.2) is 29.5 Å². The van der Waals surface area contributed by atoms with E-state index in [4.69, 9.17) is 0 Å². The molecule has 0 amide bonds. The third kappa shape index (κ3) is 3.52. The number of carbonyl (C=O) groups is 1. The highest BCUT2D eigenvalue weighted by Gasteiger charge is 2.39. The van der Waals surface area contributed by atoms with Crippen molar-refractivity contribution in [2.45, 2.75) is 19.1 Å². The Kier molecular flexibility index (Phi) is 3.82. The van der Waals surface area contributed by atoms with Crippen molar-refractivity contribution in [2.24, 2.45) is 4.99 Å². The van der Waals surface area contributed by atoms with Crippen LogP contribution in [0.3, 0.4) is 0 Å². The first-order valence-corrected chi connectivity index (χ1v) is 5.74. The van der Waals surface area contributed by atoms with E-state index in [0.717, 1.165) is 5.56 Å². The summed E-state index contributed by atoms with van der Waals surface area (Å²) < 4.78 is 36.7. The molecule has 0 radical (unpaired) electrons. The molecule has 1 aromatic rings. The molecule has 0 fully saturated rings. The number of carbonyl (C=O) groups excluding carboxylic acids is 1. The summed E-state index contributed by atoms with van der Waals surface area (Å²) in [5.41, 5.74) is 0.872. The molecule has 7 heteroatoms. The molecule has 0 aromatic carbocycles. The van der Waals surface area contributed by atoms with Gasteiger partial charge in [-0.25, -0.2) is 0 Å². The van der Waals surface area contributed by atoms with Gasteiger partial charge in [0.25, 0.3) is 0 Å². The van der Waals surface area contributed by atoms with Gasteiger partial charge in [0, 0.05) is 25.5 Å². The molecule has 1 aromatic heterocycles. The number of ketones is 1. The molecule has 0 spiro atoms. The number of amidine groups is 1. The van der Waals surface area contributed by atoms with Crippen molar-refractivity contribution in [3.05, 3.63) is 30.1 Å². The van der Waals surface area contributed by atoms with Crippen LogP contribution in [0.1, 0.15) is 12.0 Å². The molecular weight excluding hydrogens is 259 g/mol. The van der Waals surface area contributed by atoms with Gasteiger partial charge in [0.2, 0.25) is 5.78 Å². The average molecular weight is 271 g/mol. The quantitative estimate of drug-likeness (QED) is 0.839. The van der Waals surface area contributed by atoms with E-state index in [1.165, 1.54) is 0 Å². The predicted octanol–water partition coefficient (Wildman–Crippen LogP) is 1.82. The van der Waals surface area contributed by atoms with Crippen molar-refractivity contribution in [3.63, 3.8) is 0 Å². The minimum absolute atomic E-state index is 0.200. The Morgan fingerprint density at radius 3 is 2.84 bits per heavy atom. The molecule has 0 atom stereocenters. The van der Waals surface area contributed by atoms with Gasteiger partial charge in [-0.2, -0.15) is 13.2 Å². The lowest BCUT2D eigenvalue weighted by molar-refractivity contribution is -0.169. The molecule has 1 aliphatic heterocycles. The number of rotatable bonds is 4. The monoisotopic (exact) mass is 271 g/mol. The Morgan fingerprint density at radius 1 is 1.42 bits per heavy atom. The van der Waals surface area contributed by atoms with Crippen LogP contribution in [0.4, 0.5) is 13.2 Å². The maximum Gasteiger partial charge on any atom is 0.450 e. The van der Waals surface area contributed by atoms with Gasteiger partial charge in [-0.05, 0) is 11.6 Å². The molecule has 0 unspecified atom stereocenters. The Balaban J connectivity index is 2.00. The molecule has 0 aliphatic carbocycles. The minimum atomic E-state index is -4.80. The highest BCUT2D eigenvalue weighted by Crippen LogP contribution is 2.20. The van der Waals surface area contributed by atoms with Crippen LogP contribution in [-0.4, -0.2) is 40.8 Å². The van der Waals surface area contributed by atoms with Crippen LogP contribution < -0.4 is 0 Å². The third-order valence-electron chi connectivity index (χ3n) is 2.76. The van der Waals surface area contributed by atoms with E-state index in [9.17, 15) is 18.0 Å². The first-order valence-electron chi connectivity index (χ1n) is 5.74. The fourth-order valence-corrected chi connectivity index (χ4v) is 1.82. The van der Waals surface area contributed by atoms with Crippen LogP contribution in [0, 0.1) is 0 Å². The summed E-state index contributed by atoms with van der Waals surface area (Å²) in [6, 6.07) is 3.58. The Morgan fingerprint density at radius 2 is 2.21 bits per heavy atom. The lowest BCUT2D eigenvalue weighted by Gasteiger charge is -2.20. The largest absolute Gasteiger partial charge is 0.450 e. The first kappa shape index (κ1) is 13.5. The number of pyridine rings is 1. The van der Waals surface area contributed by atoms with Crippen molar-refractivity contribution < 1.29 is 18.0 Å². The summed E-state index contributed by atoms with van der Waals surface area (Å²) in [7, 11) is 0. The highest BCUT2D eigenvalue weighted by atomic mass is 19.4. The zero-order valence-electron chi connectivity index (χ0n) is 10.0. The summed E-state index contributed by atoms with van der Waals surface area (Å²) in [5.74, 6) is -1.56. The van der Waals surface area contributed by atoms with Crippen LogP contribution >= 0.6 is 0 Å². The zero-order chi connectivity index (χ0) is 13.9. The minimum Gasteiger partial charge on any atom is -0.354 e. The fourth-order valence-electron chi connectivity index (χ4n) is 1.82. The van der Waals surface area contributed by atoms with Crippen LogP contribution in [-0.2, 0) is 11.3 Å². The lowest BCUT2D eigenvalue weighted by atomic mass is 10.2. The van der Waals surface area contributed by atoms with Gasteiger partial charge in [-0.1, -0.05) is 6.07 Å². The Bertz CT molecular complexity index is 485. The summed E-state index contributed by atoms with van der Waals surface area (Å²) in [6.07, 6.45) is -2.23. The number of hydrogen-bond acceptors (Lipinski definition) is 4. The molecular formula is C12H12F3N3O. The SMILES string of the molecule is O=C(CC1=NCCN1Cc1cccnc1)C(F)(F)F. The summed E-state index contributed by atoms with van der Waals surface area (Å²) >= 11 is 0. The molecule has 2 rings (SSSR count). The van der Waals surface area contributed by atoms with E-state index in [0.29, 0.717) is 19.6 Å². The van der Waals surface area contributed by atoms with Crippen molar-refractivity contribution in [1.29, 1.82) is 0 Å². The summed E-state index contributed by atoms with van der Waals surface area (Å²) in [5, 5.41) is 0. The van der Waals surface area contributed by atoms with E-state index < -0.39 is 18.4 Å². The van der Waals surface area contributed by atoms with E-state index in [2.05, 4.69) is 9.98 Å². The van der Waals surface area contributed by atoms with Crippen molar-refractivity contribution in [2.75, 3.05) is 13.1 Å². The number of Topliss-reactive ketones (excluding diaryl/α,β-unsaturated/α-hetero) is 1.